The number of hydrogen-bond donors (Lipinski definition) is 2. The number of anilines is 1. The second-order valence-electron chi connectivity index (χ2n) is 9.74. The largest absolute Gasteiger partial charge is 0.593 e. The van der Waals surface area contributed by atoms with Gasteiger partial charge in [0, 0.05) is 24.3 Å². The highest BCUT2D eigenvalue weighted by molar-refractivity contribution is 7.99. The average molecular weight is 592 g/mol. The number of nitrogens with one attached hydrogen (secondary N) is 1. The van der Waals surface area contributed by atoms with E-state index in [0.717, 1.165) is 29.7 Å². The Labute approximate surface area is 243 Å². The number of carboxylic acid groups (broad SMARTS) is 1. The summed E-state index contributed by atoms with van der Waals surface area (Å²) in [5, 5.41) is 21.2. The van der Waals surface area contributed by atoms with Crippen molar-refractivity contribution in [2.75, 3.05) is 24.2 Å². The van der Waals surface area contributed by atoms with Crippen molar-refractivity contribution >= 4 is 39.7 Å². The molecule has 1 aromatic heterocycles. The summed E-state index contributed by atoms with van der Waals surface area (Å²) in [6.07, 6.45) is 1.73. The highest BCUT2D eigenvalue weighted by atomic mass is 32.3. The van der Waals surface area contributed by atoms with Crippen LogP contribution in [0, 0.1) is 13.8 Å². The summed E-state index contributed by atoms with van der Waals surface area (Å²) in [6.45, 7) is 5.04. The molecule has 0 bridgehead atoms. The average Bonchev–Trinajstić information content (AvgIpc) is 3.64. The minimum atomic E-state index is -3.55. The summed E-state index contributed by atoms with van der Waals surface area (Å²) in [7, 11) is -3.55. The monoisotopic (exact) mass is 591 g/mol. The molecule has 1 fully saturated rings. The van der Waals surface area contributed by atoms with Crippen LogP contribution in [0.25, 0.3) is 17.1 Å². The molecule has 12 heteroatoms. The van der Waals surface area contributed by atoms with Crippen LogP contribution < -0.4 is 5.32 Å². The standard InChI is InChI=1S/C29H29N5O5S2/c1-19-6-5-7-20(2)26(19)34-27(21-10-14-24(15-11-21)41(38,39)33-16-3-4-17-33)31-32-29(34)40-18-25(35)30-23-12-8-22(9-13-23)28(36)37/h5-15H,3-4,16-18H2,1-2H3,(H2-,30,35,36,37,38,39). The Kier molecular flexibility index (Phi) is 8.36. The highest BCUT2D eigenvalue weighted by Gasteiger charge is 2.32. The lowest BCUT2D eigenvalue weighted by molar-refractivity contribution is -0.113. The van der Waals surface area contributed by atoms with Gasteiger partial charge in [-0.3, -0.25) is 9.36 Å². The number of sulfonamides is 1. The summed E-state index contributed by atoms with van der Waals surface area (Å²) in [4.78, 5) is 24.1. The molecule has 4 aromatic rings. The quantitative estimate of drug-likeness (QED) is 0.205. The SMILES string of the molecule is Cc1cccc(C)c1-n1c(SCC(=O)Nc2ccc(C(=O)O)cc2)nnc1-c1ccc([S+](=O)([O-])N2CCCC2)cc1. The number of aryl methyl sites for hydroxylation is 2. The lowest BCUT2D eigenvalue weighted by Gasteiger charge is -2.23. The Morgan fingerprint density at radius 3 is 2.22 bits per heavy atom. The first kappa shape index (κ1) is 28.7. The van der Waals surface area contributed by atoms with Crippen LogP contribution in [0.3, 0.4) is 0 Å². The number of nitrogens with zero attached hydrogens (tertiary/aromatic N) is 4. The molecule has 0 spiro atoms. The number of hydrogen-bond acceptors (Lipinski definition) is 7. The van der Waals surface area contributed by atoms with Crippen LogP contribution in [-0.4, -0.2) is 59.4 Å². The number of aromatic carboxylic acids is 1. The molecule has 1 unspecified atom stereocenters. The fourth-order valence-corrected chi connectivity index (χ4v) is 7.04. The smallest absolute Gasteiger partial charge is 0.335 e. The van der Waals surface area contributed by atoms with E-state index in [2.05, 4.69) is 15.5 Å². The Morgan fingerprint density at radius 2 is 1.61 bits per heavy atom. The zero-order chi connectivity index (χ0) is 29.1. The van der Waals surface area contributed by atoms with Crippen LogP contribution in [0.15, 0.2) is 76.8 Å². The molecule has 1 aliphatic heterocycles. The van der Waals surface area contributed by atoms with Crippen molar-refractivity contribution in [3.05, 3.63) is 83.4 Å². The molecule has 2 N–H and O–H groups in total. The van der Waals surface area contributed by atoms with Gasteiger partial charge in [0.05, 0.1) is 17.0 Å². The first-order valence-corrected chi connectivity index (χ1v) is 15.5. The van der Waals surface area contributed by atoms with E-state index in [0.29, 0.717) is 35.3 Å². The Morgan fingerprint density at radius 1 is 0.976 bits per heavy atom. The predicted molar refractivity (Wildman–Crippen MR) is 157 cm³/mol. The van der Waals surface area contributed by atoms with Crippen LogP contribution in [0.2, 0.25) is 0 Å². The zero-order valence-electron chi connectivity index (χ0n) is 22.6. The molecule has 1 saturated heterocycles. The van der Waals surface area contributed by atoms with Crippen molar-refractivity contribution in [2.45, 2.75) is 36.7 Å². The molecule has 0 saturated carbocycles. The van der Waals surface area contributed by atoms with Crippen LogP contribution in [0.5, 0.6) is 0 Å². The van der Waals surface area contributed by atoms with Gasteiger partial charge in [0.15, 0.2) is 26.3 Å². The molecule has 10 nitrogen and oxygen atoms in total. The van der Waals surface area contributed by atoms with Crippen LogP contribution in [0.4, 0.5) is 5.69 Å². The normalized spacial score (nSPS) is 15.0. The molecule has 5 rings (SSSR count). The molecule has 212 valence electrons. The van der Waals surface area contributed by atoms with Crippen LogP contribution in [-0.2, 0) is 19.4 Å². The van der Waals surface area contributed by atoms with Gasteiger partial charge in [-0.15, -0.1) is 14.5 Å². The Hall–Kier alpha value is -3.84. The second-order valence-corrected chi connectivity index (χ2v) is 12.6. The number of thioether (sulfide) groups is 1. The molecule has 0 radical (unpaired) electrons. The highest BCUT2D eigenvalue weighted by Crippen LogP contribution is 2.33. The van der Waals surface area contributed by atoms with Gasteiger partial charge in [-0.1, -0.05) is 34.2 Å². The molecule has 41 heavy (non-hydrogen) atoms. The minimum Gasteiger partial charge on any atom is -0.593 e. The van der Waals surface area contributed by atoms with Crippen molar-refractivity contribution in [2.24, 2.45) is 0 Å². The van der Waals surface area contributed by atoms with Crippen LogP contribution >= 0.6 is 11.8 Å². The van der Waals surface area contributed by atoms with Crippen molar-refractivity contribution in [1.29, 1.82) is 0 Å². The molecule has 0 aliphatic carbocycles. The maximum atomic E-state index is 13.0. The van der Waals surface area contributed by atoms with E-state index >= 15 is 0 Å². The number of para-hydroxylation sites is 1. The van der Waals surface area contributed by atoms with Gasteiger partial charge >= 0.3 is 5.97 Å². The summed E-state index contributed by atoms with van der Waals surface area (Å²) in [5.41, 5.74) is 4.17. The third-order valence-electron chi connectivity index (χ3n) is 6.86. The fourth-order valence-electron chi connectivity index (χ4n) is 4.79. The zero-order valence-corrected chi connectivity index (χ0v) is 24.2. The number of benzene rings is 3. The number of carboxylic acids is 1. The summed E-state index contributed by atoms with van der Waals surface area (Å²) in [6, 6.07) is 18.5. The van der Waals surface area contributed by atoms with Gasteiger partial charge < -0.3 is 15.0 Å². The molecular weight excluding hydrogens is 562 g/mol. The van der Waals surface area contributed by atoms with Crippen molar-refractivity contribution in [1.82, 2.24) is 19.1 Å². The number of amides is 1. The predicted octanol–water partition coefficient (Wildman–Crippen LogP) is 4.98. The van der Waals surface area contributed by atoms with Gasteiger partial charge in [0.25, 0.3) is 0 Å². The second kappa shape index (κ2) is 12.0. The summed E-state index contributed by atoms with van der Waals surface area (Å²) >= 11 is 1.22. The molecule has 1 atom stereocenters. The number of carbonyl (C=O) groups is 2. The third kappa shape index (κ3) is 6.10. The molecule has 3 aromatic carbocycles. The van der Waals surface area contributed by atoms with Crippen molar-refractivity contribution < 1.29 is 23.5 Å². The first-order valence-electron chi connectivity index (χ1n) is 13.0. The van der Waals surface area contributed by atoms with Gasteiger partial charge in [0.2, 0.25) is 5.91 Å². The third-order valence-corrected chi connectivity index (χ3v) is 9.70. The first-order chi connectivity index (χ1) is 19.6. The molecule has 2 heterocycles. The number of rotatable bonds is 9. The van der Waals surface area contributed by atoms with E-state index in [1.807, 2.05) is 36.6 Å². The molecular formula is C29H29N5O5S2. The number of aromatic nitrogens is 3. The maximum absolute atomic E-state index is 13.0. The minimum absolute atomic E-state index is 0.0385. The summed E-state index contributed by atoms with van der Waals surface area (Å²) < 4.78 is 29.4. The lowest BCUT2D eigenvalue weighted by atomic mass is 10.1. The summed E-state index contributed by atoms with van der Waals surface area (Å²) in [5.74, 6) is -0.758. The van der Waals surface area contributed by atoms with Crippen molar-refractivity contribution in [3.63, 3.8) is 0 Å². The van der Waals surface area contributed by atoms with Gasteiger partial charge in [-0.25, -0.2) is 4.79 Å². The topological polar surface area (TPSA) is 140 Å². The van der Waals surface area contributed by atoms with Crippen molar-refractivity contribution in [3.8, 4) is 17.1 Å². The van der Waals surface area contributed by atoms with E-state index in [1.54, 1.807) is 24.3 Å². The van der Waals surface area contributed by atoms with E-state index in [9.17, 15) is 18.4 Å². The fraction of sp³-hybridized carbons (Fsp3) is 0.241. The van der Waals surface area contributed by atoms with E-state index in [4.69, 9.17) is 5.11 Å². The Balaban J connectivity index is 1.42. The van der Waals surface area contributed by atoms with Crippen LogP contribution in [0.1, 0.15) is 34.3 Å². The van der Waals surface area contributed by atoms with E-state index < -0.39 is 16.4 Å². The molecule has 1 aliphatic rings. The maximum Gasteiger partial charge on any atom is 0.335 e. The molecule has 1 amide bonds. The lowest BCUT2D eigenvalue weighted by Crippen LogP contribution is -2.33. The van der Waals surface area contributed by atoms with E-state index in [1.165, 1.54) is 40.3 Å². The van der Waals surface area contributed by atoms with E-state index in [-0.39, 0.29) is 22.1 Å². The van der Waals surface area contributed by atoms with Gasteiger partial charge in [-0.05, 0) is 86.3 Å². The Bertz CT molecular complexity index is 1610. The van der Waals surface area contributed by atoms with Gasteiger partial charge in [-0.2, -0.15) is 0 Å². The van der Waals surface area contributed by atoms with Gasteiger partial charge in [0.1, 0.15) is 0 Å². The number of carbonyl (C=O) groups excluding carboxylic acids is 1.